The Bertz CT molecular complexity index is 565. The Morgan fingerprint density at radius 3 is 2.52 bits per heavy atom. The average Bonchev–Trinajstić information content (AvgIpc) is 2.53. The average molecular weight is 319 g/mol. The van der Waals surface area contributed by atoms with Gasteiger partial charge in [-0.05, 0) is 31.4 Å². The molecule has 1 N–H and O–H groups in total. The standard InChI is InChI=1S/C18H25NO4/c1-4-13-5-7-14(8-6-13)18(2,3)17(22)19-9-10-23-15(12-19)11-16(20)21/h5-8,15H,4,9-12H2,1-3H3,(H,20,21). The van der Waals surface area contributed by atoms with E-state index in [1.165, 1.54) is 5.56 Å². The Morgan fingerprint density at radius 2 is 1.96 bits per heavy atom. The summed E-state index contributed by atoms with van der Waals surface area (Å²) in [6.45, 7) is 7.15. The van der Waals surface area contributed by atoms with E-state index in [0.29, 0.717) is 19.7 Å². The summed E-state index contributed by atoms with van der Waals surface area (Å²) in [4.78, 5) is 25.5. The fourth-order valence-corrected chi connectivity index (χ4v) is 2.90. The predicted molar refractivity (Wildman–Crippen MR) is 87.4 cm³/mol. The lowest BCUT2D eigenvalue weighted by molar-refractivity contribution is -0.150. The number of benzene rings is 1. The molecule has 2 rings (SSSR count). The van der Waals surface area contributed by atoms with E-state index in [9.17, 15) is 9.59 Å². The number of carboxylic acids is 1. The molecule has 23 heavy (non-hydrogen) atoms. The second-order valence-electron chi connectivity index (χ2n) is 6.52. The van der Waals surface area contributed by atoms with Gasteiger partial charge in [-0.25, -0.2) is 0 Å². The maximum Gasteiger partial charge on any atom is 0.306 e. The summed E-state index contributed by atoms with van der Waals surface area (Å²) < 4.78 is 5.44. The largest absolute Gasteiger partial charge is 0.481 e. The number of carbonyl (C=O) groups is 2. The fraction of sp³-hybridized carbons (Fsp3) is 0.556. The third kappa shape index (κ3) is 4.10. The first-order chi connectivity index (χ1) is 10.8. The van der Waals surface area contributed by atoms with E-state index in [1.54, 1.807) is 4.90 Å². The third-order valence-corrected chi connectivity index (χ3v) is 4.45. The van der Waals surface area contributed by atoms with E-state index in [1.807, 2.05) is 26.0 Å². The van der Waals surface area contributed by atoms with Crippen molar-refractivity contribution in [1.29, 1.82) is 0 Å². The van der Waals surface area contributed by atoms with Gasteiger partial charge >= 0.3 is 5.97 Å². The minimum atomic E-state index is -0.904. The van der Waals surface area contributed by atoms with Gasteiger partial charge in [-0.3, -0.25) is 9.59 Å². The first kappa shape index (κ1) is 17.5. The number of carbonyl (C=O) groups excluding carboxylic acids is 1. The lowest BCUT2D eigenvalue weighted by Crippen LogP contribution is -2.51. The number of amides is 1. The highest BCUT2D eigenvalue weighted by Gasteiger charge is 2.36. The third-order valence-electron chi connectivity index (χ3n) is 4.45. The molecule has 1 amide bonds. The zero-order chi connectivity index (χ0) is 17.0. The topological polar surface area (TPSA) is 66.8 Å². The Kier molecular flexibility index (Phi) is 5.42. The highest BCUT2D eigenvalue weighted by Crippen LogP contribution is 2.27. The summed E-state index contributed by atoms with van der Waals surface area (Å²) in [5, 5.41) is 8.89. The van der Waals surface area contributed by atoms with Gasteiger partial charge in [0.1, 0.15) is 0 Å². The van der Waals surface area contributed by atoms with E-state index in [4.69, 9.17) is 9.84 Å². The first-order valence-corrected chi connectivity index (χ1v) is 8.06. The Labute approximate surface area is 137 Å². The van der Waals surface area contributed by atoms with Crippen molar-refractivity contribution in [3.05, 3.63) is 35.4 Å². The molecule has 1 unspecified atom stereocenters. The van der Waals surface area contributed by atoms with Crippen LogP contribution in [0.15, 0.2) is 24.3 Å². The van der Waals surface area contributed by atoms with Crippen LogP contribution in [0.4, 0.5) is 0 Å². The van der Waals surface area contributed by atoms with Crippen molar-refractivity contribution in [1.82, 2.24) is 4.90 Å². The van der Waals surface area contributed by atoms with Crippen molar-refractivity contribution >= 4 is 11.9 Å². The lowest BCUT2D eigenvalue weighted by atomic mass is 9.82. The van der Waals surface area contributed by atoms with E-state index >= 15 is 0 Å². The maximum atomic E-state index is 12.9. The molecule has 5 heteroatoms. The quantitative estimate of drug-likeness (QED) is 0.904. The molecule has 1 aromatic carbocycles. The molecule has 0 spiro atoms. The SMILES string of the molecule is CCc1ccc(C(C)(C)C(=O)N2CCOC(CC(=O)O)C2)cc1. The van der Waals surface area contributed by atoms with E-state index in [2.05, 4.69) is 19.1 Å². The normalized spacial score (nSPS) is 18.7. The number of ether oxygens (including phenoxy) is 1. The summed E-state index contributed by atoms with van der Waals surface area (Å²) in [7, 11) is 0. The van der Waals surface area contributed by atoms with Crippen molar-refractivity contribution in [3.63, 3.8) is 0 Å². The monoisotopic (exact) mass is 319 g/mol. The number of aryl methyl sites for hydroxylation is 1. The molecule has 5 nitrogen and oxygen atoms in total. The molecule has 1 heterocycles. The Hall–Kier alpha value is -1.88. The Morgan fingerprint density at radius 1 is 1.30 bits per heavy atom. The second-order valence-corrected chi connectivity index (χ2v) is 6.52. The van der Waals surface area contributed by atoms with Crippen molar-refractivity contribution in [2.45, 2.75) is 45.1 Å². The molecule has 126 valence electrons. The van der Waals surface area contributed by atoms with Crippen molar-refractivity contribution in [3.8, 4) is 0 Å². The van der Waals surface area contributed by atoms with Gasteiger partial charge in [0.25, 0.3) is 0 Å². The van der Waals surface area contributed by atoms with Gasteiger partial charge < -0.3 is 14.7 Å². The number of carboxylic acid groups (broad SMARTS) is 1. The number of morpholine rings is 1. The van der Waals surface area contributed by atoms with Crippen LogP contribution in [0.3, 0.4) is 0 Å². The molecule has 0 aromatic heterocycles. The van der Waals surface area contributed by atoms with Crippen LogP contribution in [-0.2, 0) is 26.2 Å². The molecule has 1 fully saturated rings. The van der Waals surface area contributed by atoms with Gasteiger partial charge in [0, 0.05) is 13.1 Å². The number of hydrogen-bond acceptors (Lipinski definition) is 3. The Balaban J connectivity index is 2.11. The summed E-state index contributed by atoms with van der Waals surface area (Å²) in [5.74, 6) is -0.890. The lowest BCUT2D eigenvalue weighted by Gasteiger charge is -2.37. The molecule has 1 aliphatic rings. The molecular formula is C18H25NO4. The number of nitrogens with zero attached hydrogens (tertiary/aromatic N) is 1. The van der Waals surface area contributed by atoms with Crippen LogP contribution in [0.5, 0.6) is 0 Å². The van der Waals surface area contributed by atoms with Crippen LogP contribution in [0.1, 0.15) is 38.3 Å². The molecule has 1 saturated heterocycles. The van der Waals surface area contributed by atoms with E-state index in [-0.39, 0.29) is 12.3 Å². The molecule has 0 saturated carbocycles. The predicted octanol–water partition coefficient (Wildman–Crippen LogP) is 2.23. The second kappa shape index (κ2) is 7.13. The fourth-order valence-electron chi connectivity index (χ4n) is 2.90. The highest BCUT2D eigenvalue weighted by atomic mass is 16.5. The van der Waals surface area contributed by atoms with Gasteiger partial charge in [0.2, 0.25) is 5.91 Å². The van der Waals surface area contributed by atoms with Crippen LogP contribution in [0.2, 0.25) is 0 Å². The summed E-state index contributed by atoms with van der Waals surface area (Å²) in [5.41, 5.74) is 1.57. The molecular weight excluding hydrogens is 294 g/mol. The number of hydrogen-bond donors (Lipinski definition) is 1. The number of rotatable bonds is 5. The van der Waals surface area contributed by atoms with E-state index < -0.39 is 17.5 Å². The molecule has 0 radical (unpaired) electrons. The van der Waals surface area contributed by atoms with Crippen LogP contribution < -0.4 is 0 Å². The first-order valence-electron chi connectivity index (χ1n) is 8.06. The van der Waals surface area contributed by atoms with Crippen LogP contribution in [0, 0.1) is 0 Å². The van der Waals surface area contributed by atoms with Crippen LogP contribution in [0.25, 0.3) is 0 Å². The highest BCUT2D eigenvalue weighted by molar-refractivity contribution is 5.87. The smallest absolute Gasteiger partial charge is 0.306 e. The molecule has 0 aliphatic carbocycles. The summed E-state index contributed by atoms with van der Waals surface area (Å²) in [6.07, 6.45) is 0.466. The van der Waals surface area contributed by atoms with Crippen LogP contribution >= 0.6 is 0 Å². The van der Waals surface area contributed by atoms with Gasteiger partial charge in [0.15, 0.2) is 0 Å². The van der Waals surface area contributed by atoms with Crippen molar-refractivity contribution < 1.29 is 19.4 Å². The van der Waals surface area contributed by atoms with Crippen LogP contribution in [-0.4, -0.2) is 47.7 Å². The molecule has 1 atom stereocenters. The van der Waals surface area contributed by atoms with Gasteiger partial charge in [-0.1, -0.05) is 31.2 Å². The molecule has 1 aliphatic heterocycles. The molecule has 0 bridgehead atoms. The number of aliphatic carboxylic acids is 1. The van der Waals surface area contributed by atoms with Gasteiger partial charge in [0.05, 0.1) is 24.5 Å². The molecule has 1 aromatic rings. The summed E-state index contributed by atoms with van der Waals surface area (Å²) >= 11 is 0. The van der Waals surface area contributed by atoms with Crippen molar-refractivity contribution in [2.75, 3.05) is 19.7 Å². The van der Waals surface area contributed by atoms with Gasteiger partial charge in [-0.2, -0.15) is 0 Å². The minimum absolute atomic E-state index is 0.0143. The van der Waals surface area contributed by atoms with E-state index in [0.717, 1.165) is 12.0 Å². The zero-order valence-electron chi connectivity index (χ0n) is 14.0. The minimum Gasteiger partial charge on any atom is -0.481 e. The van der Waals surface area contributed by atoms with Crippen molar-refractivity contribution in [2.24, 2.45) is 0 Å². The maximum absolute atomic E-state index is 12.9. The summed E-state index contributed by atoms with van der Waals surface area (Å²) in [6, 6.07) is 8.12. The van der Waals surface area contributed by atoms with Gasteiger partial charge in [-0.15, -0.1) is 0 Å². The zero-order valence-corrected chi connectivity index (χ0v) is 14.0.